The fraction of sp³-hybridized carbons (Fsp3) is 0.500. The minimum absolute atomic E-state index is 0.789. The smallest absolute Gasteiger partial charge is 0.161 e. The number of aryl methyl sites for hydroxylation is 1. The van der Waals surface area contributed by atoms with Crippen molar-refractivity contribution in [2.24, 2.45) is 7.05 Å². The van der Waals surface area contributed by atoms with Crippen molar-refractivity contribution in [3.8, 4) is 11.5 Å². The first-order valence-corrected chi connectivity index (χ1v) is 7.43. The first-order valence-electron chi connectivity index (χ1n) is 7.43. The van der Waals surface area contributed by atoms with Crippen molar-refractivity contribution in [1.29, 1.82) is 0 Å². The van der Waals surface area contributed by atoms with Gasteiger partial charge in [0.15, 0.2) is 11.5 Å². The number of fused-ring (bicyclic) bond motifs is 1. The standard InChI is InChI=1S/C16H22N4O2/c1-11-17-18-16(19(11)2)10-20-6-5-12-7-14(21-3)15(22-4)8-13(12)9-20/h7-8H,5-6,9-10H2,1-4H3. The summed E-state index contributed by atoms with van der Waals surface area (Å²) in [4.78, 5) is 2.39. The summed E-state index contributed by atoms with van der Waals surface area (Å²) in [5, 5.41) is 8.38. The molecule has 0 saturated carbocycles. The number of hydrogen-bond donors (Lipinski definition) is 0. The van der Waals surface area contributed by atoms with Gasteiger partial charge in [0, 0.05) is 20.1 Å². The van der Waals surface area contributed by atoms with Gasteiger partial charge in [-0.1, -0.05) is 0 Å². The molecule has 6 nitrogen and oxygen atoms in total. The SMILES string of the molecule is COc1cc2c(cc1OC)CN(Cc1nnc(C)n1C)CC2. The maximum absolute atomic E-state index is 5.41. The third-order valence-corrected chi connectivity index (χ3v) is 4.34. The molecule has 1 aromatic carbocycles. The lowest BCUT2D eigenvalue weighted by atomic mass is 9.99. The Morgan fingerprint density at radius 3 is 2.36 bits per heavy atom. The van der Waals surface area contributed by atoms with E-state index in [1.54, 1.807) is 14.2 Å². The zero-order chi connectivity index (χ0) is 15.7. The van der Waals surface area contributed by atoms with Crippen molar-refractivity contribution in [2.45, 2.75) is 26.4 Å². The molecular weight excluding hydrogens is 280 g/mol. The molecule has 2 aromatic rings. The molecule has 0 N–H and O–H groups in total. The number of methoxy groups -OCH3 is 2. The molecule has 0 unspecified atom stereocenters. The lowest BCUT2D eigenvalue weighted by Crippen LogP contribution is -2.31. The van der Waals surface area contributed by atoms with Gasteiger partial charge in [-0.3, -0.25) is 4.90 Å². The molecule has 0 amide bonds. The summed E-state index contributed by atoms with van der Waals surface area (Å²) < 4.78 is 12.8. The molecule has 0 spiro atoms. The molecule has 1 aliphatic heterocycles. The maximum Gasteiger partial charge on any atom is 0.161 e. The molecule has 22 heavy (non-hydrogen) atoms. The molecule has 0 saturated heterocycles. The topological polar surface area (TPSA) is 52.4 Å². The Morgan fingerprint density at radius 2 is 1.77 bits per heavy atom. The van der Waals surface area contributed by atoms with Gasteiger partial charge in [-0.25, -0.2) is 0 Å². The Bertz CT molecular complexity index is 681. The molecule has 1 aromatic heterocycles. The Hall–Kier alpha value is -2.08. The van der Waals surface area contributed by atoms with Gasteiger partial charge in [-0.2, -0.15) is 0 Å². The fourth-order valence-corrected chi connectivity index (χ4v) is 2.87. The van der Waals surface area contributed by atoms with Crippen molar-refractivity contribution in [3.05, 3.63) is 34.9 Å². The highest BCUT2D eigenvalue weighted by molar-refractivity contribution is 5.48. The summed E-state index contributed by atoms with van der Waals surface area (Å²) in [6, 6.07) is 4.18. The number of aromatic nitrogens is 3. The van der Waals surface area contributed by atoms with E-state index in [1.807, 2.05) is 18.5 Å². The van der Waals surface area contributed by atoms with E-state index >= 15 is 0 Å². The van der Waals surface area contributed by atoms with E-state index in [-0.39, 0.29) is 0 Å². The van der Waals surface area contributed by atoms with Gasteiger partial charge in [0.2, 0.25) is 0 Å². The van der Waals surface area contributed by atoms with Crippen LogP contribution in [-0.4, -0.2) is 40.4 Å². The van der Waals surface area contributed by atoms with Gasteiger partial charge in [0.25, 0.3) is 0 Å². The average Bonchev–Trinajstić information content (AvgIpc) is 2.85. The monoisotopic (exact) mass is 302 g/mol. The second-order valence-electron chi connectivity index (χ2n) is 5.66. The number of hydrogen-bond acceptors (Lipinski definition) is 5. The van der Waals surface area contributed by atoms with Crippen LogP contribution < -0.4 is 9.47 Å². The van der Waals surface area contributed by atoms with E-state index < -0.39 is 0 Å². The van der Waals surface area contributed by atoms with Crippen molar-refractivity contribution >= 4 is 0 Å². The van der Waals surface area contributed by atoms with Crippen molar-refractivity contribution in [1.82, 2.24) is 19.7 Å². The Kier molecular flexibility index (Phi) is 4.02. The average molecular weight is 302 g/mol. The number of nitrogens with zero attached hydrogens (tertiary/aromatic N) is 4. The normalized spacial score (nSPS) is 14.7. The summed E-state index contributed by atoms with van der Waals surface area (Å²) in [7, 11) is 5.36. The van der Waals surface area contributed by atoms with E-state index in [4.69, 9.17) is 9.47 Å². The molecule has 6 heteroatoms. The van der Waals surface area contributed by atoms with Crippen LogP contribution in [0, 0.1) is 6.92 Å². The van der Waals surface area contributed by atoms with Gasteiger partial charge in [-0.05, 0) is 36.6 Å². The first-order chi connectivity index (χ1) is 10.6. The number of ether oxygens (including phenoxy) is 2. The van der Waals surface area contributed by atoms with Crippen molar-refractivity contribution in [3.63, 3.8) is 0 Å². The van der Waals surface area contributed by atoms with Gasteiger partial charge < -0.3 is 14.0 Å². The number of benzene rings is 1. The summed E-state index contributed by atoms with van der Waals surface area (Å²) in [6.07, 6.45) is 1.01. The highest BCUT2D eigenvalue weighted by Gasteiger charge is 2.21. The van der Waals surface area contributed by atoms with Crippen LogP contribution in [0.25, 0.3) is 0 Å². The Morgan fingerprint density at radius 1 is 1.09 bits per heavy atom. The van der Waals surface area contributed by atoms with Gasteiger partial charge in [0.05, 0.1) is 20.8 Å². The largest absolute Gasteiger partial charge is 0.493 e. The van der Waals surface area contributed by atoms with Crippen molar-refractivity contribution in [2.75, 3.05) is 20.8 Å². The van der Waals surface area contributed by atoms with Crippen LogP contribution in [0.3, 0.4) is 0 Å². The summed E-state index contributed by atoms with van der Waals surface area (Å²) in [6.45, 7) is 4.68. The van der Waals surface area contributed by atoms with Crippen LogP contribution in [0.2, 0.25) is 0 Å². The van der Waals surface area contributed by atoms with E-state index in [2.05, 4.69) is 27.2 Å². The highest BCUT2D eigenvalue weighted by atomic mass is 16.5. The Balaban J connectivity index is 1.80. The predicted octanol–water partition coefficient (Wildman–Crippen LogP) is 1.70. The number of rotatable bonds is 4. The maximum atomic E-state index is 5.41. The third-order valence-electron chi connectivity index (χ3n) is 4.34. The summed E-state index contributed by atoms with van der Waals surface area (Å²) >= 11 is 0. The zero-order valence-corrected chi connectivity index (χ0v) is 13.6. The minimum Gasteiger partial charge on any atom is -0.493 e. The lowest BCUT2D eigenvalue weighted by molar-refractivity contribution is 0.235. The van der Waals surface area contributed by atoms with Crippen LogP contribution in [0.5, 0.6) is 11.5 Å². The van der Waals surface area contributed by atoms with E-state index in [1.165, 1.54) is 11.1 Å². The van der Waals surface area contributed by atoms with Gasteiger partial charge >= 0.3 is 0 Å². The lowest BCUT2D eigenvalue weighted by Gasteiger charge is -2.29. The van der Waals surface area contributed by atoms with Gasteiger partial charge in [0.1, 0.15) is 11.6 Å². The molecule has 118 valence electrons. The minimum atomic E-state index is 0.789. The molecule has 0 aliphatic carbocycles. The molecule has 0 fully saturated rings. The van der Waals surface area contributed by atoms with Gasteiger partial charge in [-0.15, -0.1) is 10.2 Å². The van der Waals surface area contributed by atoms with E-state index in [9.17, 15) is 0 Å². The molecule has 0 bridgehead atoms. The second-order valence-corrected chi connectivity index (χ2v) is 5.66. The molecule has 2 heterocycles. The molecule has 0 radical (unpaired) electrons. The van der Waals surface area contributed by atoms with Crippen LogP contribution in [0.1, 0.15) is 22.8 Å². The van der Waals surface area contributed by atoms with Crippen LogP contribution in [0.15, 0.2) is 12.1 Å². The molecule has 0 atom stereocenters. The quantitative estimate of drug-likeness (QED) is 0.860. The zero-order valence-electron chi connectivity index (χ0n) is 13.6. The predicted molar refractivity (Wildman–Crippen MR) is 83.1 cm³/mol. The van der Waals surface area contributed by atoms with Crippen LogP contribution in [0.4, 0.5) is 0 Å². The molecule has 1 aliphatic rings. The van der Waals surface area contributed by atoms with Crippen LogP contribution >= 0.6 is 0 Å². The molecule has 3 rings (SSSR count). The van der Waals surface area contributed by atoms with Crippen molar-refractivity contribution < 1.29 is 9.47 Å². The molecular formula is C16H22N4O2. The first kappa shape index (κ1) is 14.8. The summed E-state index contributed by atoms with van der Waals surface area (Å²) in [5.41, 5.74) is 2.63. The van der Waals surface area contributed by atoms with E-state index in [0.29, 0.717) is 0 Å². The van der Waals surface area contributed by atoms with E-state index in [0.717, 1.165) is 49.2 Å². The van der Waals surface area contributed by atoms with Crippen LogP contribution in [-0.2, 0) is 26.6 Å². The summed E-state index contributed by atoms with van der Waals surface area (Å²) in [5.74, 6) is 3.54. The highest BCUT2D eigenvalue weighted by Crippen LogP contribution is 2.33. The second kappa shape index (κ2) is 5.96. The third kappa shape index (κ3) is 2.66. The fourth-order valence-electron chi connectivity index (χ4n) is 2.87. The Labute approximate surface area is 130 Å².